The Kier molecular flexibility index (Phi) is 9.50. The van der Waals surface area contributed by atoms with Crippen LogP contribution in [-0.4, -0.2) is 63.1 Å². The van der Waals surface area contributed by atoms with Gasteiger partial charge in [-0.15, -0.1) is 0 Å². The molecule has 10 nitrogen and oxygen atoms in total. The highest BCUT2D eigenvalue weighted by atomic mass is 35.5. The van der Waals surface area contributed by atoms with E-state index in [1.807, 2.05) is 0 Å². The Bertz CT molecular complexity index is 1490. The van der Waals surface area contributed by atoms with Crippen molar-refractivity contribution in [2.75, 3.05) is 13.1 Å². The van der Waals surface area contributed by atoms with Crippen LogP contribution in [0.2, 0.25) is 5.02 Å². The minimum atomic E-state index is -0.614. The van der Waals surface area contributed by atoms with Crippen LogP contribution in [0.25, 0.3) is 10.9 Å². The van der Waals surface area contributed by atoms with Crippen LogP contribution in [0.3, 0.4) is 0 Å². The van der Waals surface area contributed by atoms with Crippen LogP contribution < -0.4 is 10.6 Å². The number of hydrogen-bond donors (Lipinski definition) is 2. The molecule has 0 unspecified atom stereocenters. The molecule has 4 rings (SSSR count). The van der Waals surface area contributed by atoms with Crippen LogP contribution in [0.5, 0.6) is 0 Å². The lowest BCUT2D eigenvalue weighted by Crippen LogP contribution is -2.51. The van der Waals surface area contributed by atoms with Crippen molar-refractivity contribution in [1.29, 1.82) is 0 Å². The van der Waals surface area contributed by atoms with Crippen molar-refractivity contribution >= 4 is 46.2 Å². The molecule has 0 aliphatic heterocycles. The lowest BCUT2D eigenvalue weighted by molar-refractivity contribution is -0.137. The van der Waals surface area contributed by atoms with E-state index < -0.39 is 23.4 Å². The molecule has 0 radical (unpaired) electrons. The van der Waals surface area contributed by atoms with E-state index in [9.17, 15) is 23.6 Å². The normalized spacial score (nSPS) is 16.4. The van der Waals surface area contributed by atoms with Gasteiger partial charge >= 0.3 is 6.09 Å². The third kappa shape index (κ3) is 7.84. The number of rotatable bonds is 10. The van der Waals surface area contributed by atoms with E-state index in [0.29, 0.717) is 23.7 Å². The number of fused-ring (bicyclic) bond motifs is 1. The van der Waals surface area contributed by atoms with Gasteiger partial charge in [-0.1, -0.05) is 41.9 Å². The molecule has 3 aromatic rings. The van der Waals surface area contributed by atoms with Gasteiger partial charge in [-0.05, 0) is 51.7 Å². The Labute approximate surface area is 248 Å². The van der Waals surface area contributed by atoms with Gasteiger partial charge in [0.25, 0.3) is 0 Å². The van der Waals surface area contributed by atoms with Crippen molar-refractivity contribution in [1.82, 2.24) is 25.3 Å². The third-order valence-corrected chi connectivity index (χ3v) is 7.20. The Morgan fingerprint density at radius 2 is 1.83 bits per heavy atom. The van der Waals surface area contributed by atoms with Crippen LogP contribution in [0, 0.1) is 11.7 Å². The van der Waals surface area contributed by atoms with Crippen molar-refractivity contribution in [2.45, 2.75) is 65.3 Å². The van der Waals surface area contributed by atoms with Crippen LogP contribution in [0.1, 0.15) is 56.6 Å². The largest absolute Gasteiger partial charge is 0.444 e. The number of hydrogen-bond acceptors (Lipinski definition) is 6. The van der Waals surface area contributed by atoms with Gasteiger partial charge in [-0.2, -0.15) is 5.10 Å². The zero-order valence-electron chi connectivity index (χ0n) is 24.1. The quantitative estimate of drug-likeness (QED) is 0.331. The lowest BCUT2D eigenvalue weighted by atomic mass is 9.80. The summed E-state index contributed by atoms with van der Waals surface area (Å²) in [6.07, 6.45) is 0.716. The summed E-state index contributed by atoms with van der Waals surface area (Å²) in [5.41, 5.74) is 0.503. The Morgan fingerprint density at radius 3 is 2.52 bits per heavy atom. The summed E-state index contributed by atoms with van der Waals surface area (Å²) < 4.78 is 21.1. The zero-order chi connectivity index (χ0) is 30.6. The van der Waals surface area contributed by atoms with E-state index in [0.717, 1.165) is 0 Å². The second kappa shape index (κ2) is 12.9. The average molecular weight is 600 g/mol. The standard InChI is InChI=1S/C30H35ClFN5O5/c1-18(38)28-22-9-5-6-11-24(22)37(35-28)17-26(40)36(15-19-12-21(13-19)34-29(41)42-30(2,3)4)16-25(39)33-14-20-8-7-10-23(31)27(20)32/h5-11,19,21H,12-17H2,1-4H3,(H,33,39)(H,34,41). The lowest BCUT2D eigenvalue weighted by Gasteiger charge is -2.39. The SMILES string of the molecule is CC(=O)c1nn(CC(=O)N(CC(=O)NCc2cccc(Cl)c2F)CC2CC(NC(=O)OC(C)(C)C)C2)c2ccccc12. The summed E-state index contributed by atoms with van der Waals surface area (Å²) in [6.45, 7) is 6.50. The molecule has 2 aromatic carbocycles. The molecular formula is C30H35ClFN5O5. The van der Waals surface area contributed by atoms with Gasteiger partial charge in [0.2, 0.25) is 11.8 Å². The summed E-state index contributed by atoms with van der Waals surface area (Å²) in [4.78, 5) is 52.2. The predicted octanol–water partition coefficient (Wildman–Crippen LogP) is 4.48. The van der Waals surface area contributed by atoms with Crippen molar-refractivity contribution in [3.63, 3.8) is 0 Å². The average Bonchev–Trinajstić information content (AvgIpc) is 3.25. The molecule has 0 atom stereocenters. The highest BCUT2D eigenvalue weighted by Crippen LogP contribution is 2.29. The molecule has 1 fully saturated rings. The van der Waals surface area contributed by atoms with Gasteiger partial charge in [0.1, 0.15) is 23.7 Å². The van der Waals surface area contributed by atoms with Gasteiger partial charge in [-0.25, -0.2) is 9.18 Å². The van der Waals surface area contributed by atoms with E-state index in [2.05, 4.69) is 15.7 Å². The second-order valence-electron chi connectivity index (χ2n) is 11.5. The fraction of sp³-hybridized carbons (Fsp3) is 0.433. The summed E-state index contributed by atoms with van der Waals surface area (Å²) in [5.74, 6) is -1.64. The molecule has 42 heavy (non-hydrogen) atoms. The van der Waals surface area contributed by atoms with Crippen molar-refractivity contribution < 1.29 is 28.3 Å². The monoisotopic (exact) mass is 599 g/mol. The summed E-state index contributed by atoms with van der Waals surface area (Å²) in [6, 6.07) is 11.6. The van der Waals surface area contributed by atoms with Crippen molar-refractivity contribution in [3.05, 3.63) is 64.6 Å². The number of nitrogens with zero attached hydrogens (tertiary/aromatic N) is 3. The van der Waals surface area contributed by atoms with E-state index >= 15 is 0 Å². The van der Waals surface area contributed by atoms with E-state index in [4.69, 9.17) is 16.3 Å². The molecule has 0 saturated heterocycles. The number of Topliss-reactive ketones (excluding diaryl/α,β-unsaturated/α-hetero) is 1. The minimum Gasteiger partial charge on any atom is -0.444 e. The fourth-order valence-corrected chi connectivity index (χ4v) is 5.08. The van der Waals surface area contributed by atoms with Gasteiger partial charge < -0.3 is 20.3 Å². The topological polar surface area (TPSA) is 123 Å². The Morgan fingerprint density at radius 1 is 1.12 bits per heavy atom. The van der Waals surface area contributed by atoms with Crippen LogP contribution >= 0.6 is 11.6 Å². The van der Waals surface area contributed by atoms with Gasteiger partial charge in [-0.3, -0.25) is 19.1 Å². The van der Waals surface area contributed by atoms with Crippen LogP contribution in [-0.2, 0) is 27.4 Å². The number of ether oxygens (including phenoxy) is 1. The maximum Gasteiger partial charge on any atom is 0.407 e. The number of carbonyl (C=O) groups is 4. The highest BCUT2D eigenvalue weighted by molar-refractivity contribution is 6.30. The Balaban J connectivity index is 1.44. The van der Waals surface area contributed by atoms with Crippen LogP contribution in [0.15, 0.2) is 42.5 Å². The summed E-state index contributed by atoms with van der Waals surface area (Å²) in [5, 5.41) is 10.5. The Hall–Kier alpha value is -3.99. The van der Waals surface area contributed by atoms with E-state index in [1.54, 1.807) is 51.1 Å². The molecule has 0 bridgehead atoms. The van der Waals surface area contributed by atoms with Crippen molar-refractivity contribution in [2.24, 2.45) is 5.92 Å². The number of nitrogens with one attached hydrogen (secondary N) is 2. The van der Waals surface area contributed by atoms with Crippen LogP contribution in [0.4, 0.5) is 9.18 Å². The maximum atomic E-state index is 14.3. The molecule has 12 heteroatoms. The maximum absolute atomic E-state index is 14.3. The third-order valence-electron chi connectivity index (χ3n) is 6.91. The molecule has 3 amide bonds. The number of halogens is 2. The molecule has 1 aliphatic rings. The van der Waals surface area contributed by atoms with E-state index in [-0.39, 0.29) is 66.1 Å². The number of benzene rings is 2. The summed E-state index contributed by atoms with van der Waals surface area (Å²) >= 11 is 5.85. The van der Waals surface area contributed by atoms with Crippen molar-refractivity contribution in [3.8, 4) is 0 Å². The number of amides is 3. The first-order chi connectivity index (χ1) is 19.8. The summed E-state index contributed by atoms with van der Waals surface area (Å²) in [7, 11) is 0. The first kappa shape index (κ1) is 31.0. The molecular weight excluding hydrogens is 565 g/mol. The molecule has 1 saturated carbocycles. The molecule has 224 valence electrons. The molecule has 1 aliphatic carbocycles. The second-order valence-corrected chi connectivity index (χ2v) is 11.9. The number of aromatic nitrogens is 2. The molecule has 2 N–H and O–H groups in total. The molecule has 1 heterocycles. The molecule has 0 spiro atoms. The predicted molar refractivity (Wildman–Crippen MR) is 155 cm³/mol. The number of para-hydroxylation sites is 1. The first-order valence-corrected chi connectivity index (χ1v) is 14.1. The minimum absolute atomic E-state index is 0.0363. The van der Waals surface area contributed by atoms with E-state index in [1.165, 1.54) is 28.6 Å². The first-order valence-electron chi connectivity index (χ1n) is 13.7. The van der Waals surface area contributed by atoms with Gasteiger partial charge in [0, 0.05) is 37.0 Å². The smallest absolute Gasteiger partial charge is 0.407 e. The highest BCUT2D eigenvalue weighted by Gasteiger charge is 2.34. The van der Waals surface area contributed by atoms with Gasteiger partial charge in [0.15, 0.2) is 5.78 Å². The zero-order valence-corrected chi connectivity index (χ0v) is 24.8. The number of ketones is 1. The number of carbonyl (C=O) groups excluding carboxylic acids is 4. The molecule has 1 aromatic heterocycles. The number of alkyl carbamates (subject to hydrolysis) is 1. The fourth-order valence-electron chi connectivity index (χ4n) is 4.89. The van der Waals surface area contributed by atoms with Gasteiger partial charge in [0.05, 0.1) is 17.1 Å².